The Labute approximate surface area is 253 Å². The van der Waals surface area contributed by atoms with E-state index in [1.54, 1.807) is 48.4 Å². The molecule has 14 heteroatoms. The molecule has 0 unspecified atom stereocenters. The van der Waals surface area contributed by atoms with Gasteiger partial charge in [0.25, 0.3) is 0 Å². The van der Waals surface area contributed by atoms with Crippen molar-refractivity contribution >= 4 is 40.4 Å². The normalized spacial score (nSPS) is 21.9. The van der Waals surface area contributed by atoms with Gasteiger partial charge in [-0.2, -0.15) is 13.2 Å². The molecule has 3 saturated heterocycles. The molecule has 3 aliphatic rings. The van der Waals surface area contributed by atoms with Gasteiger partial charge in [-0.25, -0.2) is 9.78 Å². The molecule has 0 spiro atoms. The summed E-state index contributed by atoms with van der Waals surface area (Å²) in [7, 11) is 2.87. The lowest BCUT2D eigenvalue weighted by Gasteiger charge is -2.39. The second kappa shape index (κ2) is 12.1. The van der Waals surface area contributed by atoms with E-state index in [1.165, 1.54) is 20.3 Å². The minimum atomic E-state index is -4.64. The highest BCUT2D eigenvalue weighted by atomic mass is 32.2. The number of ether oxygens (including phenoxy) is 3. The molecule has 3 fully saturated rings. The molecule has 1 aromatic heterocycles. The first kappa shape index (κ1) is 31.3. The van der Waals surface area contributed by atoms with Crippen LogP contribution in [0.25, 0.3) is 10.9 Å². The number of carbonyl (C=O) groups excluding carboxylic acids is 2. The molecule has 2 aromatic rings. The third-order valence-electron chi connectivity index (χ3n) is 8.00. The fourth-order valence-electron chi connectivity index (χ4n) is 5.89. The number of likely N-dealkylation sites (tertiary alicyclic amines) is 1. The lowest BCUT2D eigenvalue weighted by Crippen LogP contribution is -2.51. The van der Waals surface area contributed by atoms with E-state index in [9.17, 15) is 22.8 Å². The van der Waals surface area contributed by atoms with Gasteiger partial charge >= 0.3 is 12.3 Å². The van der Waals surface area contributed by atoms with Crippen LogP contribution >= 0.6 is 11.8 Å². The average Bonchev–Trinajstić information content (AvgIpc) is 3.65. The molecule has 2 atom stereocenters. The van der Waals surface area contributed by atoms with E-state index < -0.39 is 29.6 Å². The number of pyridine rings is 1. The molecule has 0 radical (unpaired) electrons. The highest BCUT2D eigenvalue weighted by Gasteiger charge is 2.45. The van der Waals surface area contributed by atoms with Crippen molar-refractivity contribution in [1.29, 1.82) is 0 Å². The number of hydrogen-bond acceptors (Lipinski definition) is 9. The summed E-state index contributed by atoms with van der Waals surface area (Å²) in [5.74, 6) is 2.05. The van der Waals surface area contributed by atoms with Crippen molar-refractivity contribution < 1.29 is 37.0 Å². The number of benzene rings is 1. The molecule has 3 aliphatic heterocycles. The van der Waals surface area contributed by atoms with Crippen LogP contribution in [0.2, 0.25) is 0 Å². The molecule has 2 amide bonds. The molecule has 0 saturated carbocycles. The topological polar surface area (TPSA) is 87.7 Å². The molecule has 0 bridgehead atoms. The molecule has 5 rings (SSSR count). The Morgan fingerprint density at radius 2 is 1.72 bits per heavy atom. The lowest BCUT2D eigenvalue weighted by molar-refractivity contribution is -0.141. The van der Waals surface area contributed by atoms with Crippen molar-refractivity contribution in [3.8, 4) is 11.5 Å². The van der Waals surface area contributed by atoms with Gasteiger partial charge in [0.1, 0.15) is 34.4 Å². The smallest absolute Gasteiger partial charge is 0.433 e. The zero-order valence-electron chi connectivity index (χ0n) is 25.1. The minimum Gasteiger partial charge on any atom is -0.497 e. The predicted molar refractivity (Wildman–Crippen MR) is 158 cm³/mol. The average molecular weight is 626 g/mol. The Balaban J connectivity index is 1.37. The van der Waals surface area contributed by atoms with Gasteiger partial charge in [0, 0.05) is 68.2 Å². The number of anilines is 1. The second-order valence-corrected chi connectivity index (χ2v) is 13.0. The van der Waals surface area contributed by atoms with E-state index in [0.717, 1.165) is 11.8 Å². The maximum Gasteiger partial charge on any atom is 0.433 e. The Morgan fingerprint density at radius 1 is 1.00 bits per heavy atom. The van der Waals surface area contributed by atoms with Crippen molar-refractivity contribution in [1.82, 2.24) is 19.7 Å². The van der Waals surface area contributed by atoms with Gasteiger partial charge in [-0.1, -0.05) is 0 Å². The van der Waals surface area contributed by atoms with Crippen molar-refractivity contribution in [2.24, 2.45) is 0 Å². The highest BCUT2D eigenvalue weighted by molar-refractivity contribution is 7.99. The van der Waals surface area contributed by atoms with Gasteiger partial charge in [-0.15, -0.1) is 11.8 Å². The number of carbonyl (C=O) groups is 2. The summed E-state index contributed by atoms with van der Waals surface area (Å²) in [5, 5.41) is 0.503. The van der Waals surface area contributed by atoms with Crippen LogP contribution in [0.15, 0.2) is 18.2 Å². The van der Waals surface area contributed by atoms with Crippen LogP contribution in [0, 0.1) is 0 Å². The Morgan fingerprint density at radius 3 is 2.30 bits per heavy atom. The number of aromatic nitrogens is 1. The van der Waals surface area contributed by atoms with E-state index in [1.807, 2.05) is 4.90 Å². The molecule has 43 heavy (non-hydrogen) atoms. The molecular weight excluding hydrogens is 587 g/mol. The number of halogens is 3. The Kier molecular flexibility index (Phi) is 8.81. The fraction of sp³-hybridized carbons (Fsp3) is 0.621. The van der Waals surface area contributed by atoms with E-state index in [4.69, 9.17) is 14.2 Å². The third kappa shape index (κ3) is 6.69. The molecule has 1 aromatic carbocycles. The van der Waals surface area contributed by atoms with Crippen molar-refractivity contribution in [3.05, 3.63) is 23.9 Å². The van der Waals surface area contributed by atoms with Gasteiger partial charge in [-0.05, 0) is 39.3 Å². The standard InChI is InChI=1S/C29H38F3N5O5S/c1-28(2,3)42-27(39)37-16-18(12-22(37)26(38)36-10-11-43-17-36)34-6-8-35(9-7-34)21-15-24(29(30,31)32)33-25-20(21)13-19(40-4)14-23(25)41-5/h13-15,18,22H,6-12,16-17H2,1-5H3/t18-,22-/m0/s1. The summed E-state index contributed by atoms with van der Waals surface area (Å²) in [4.78, 5) is 38.0. The van der Waals surface area contributed by atoms with Crippen LogP contribution in [-0.2, 0) is 15.7 Å². The third-order valence-corrected chi connectivity index (χ3v) is 8.97. The van der Waals surface area contributed by atoms with Gasteiger partial charge in [0.2, 0.25) is 5.91 Å². The van der Waals surface area contributed by atoms with Gasteiger partial charge in [0.05, 0.1) is 20.1 Å². The first-order chi connectivity index (χ1) is 20.3. The number of fused-ring (bicyclic) bond motifs is 1. The molecule has 0 aliphatic carbocycles. The largest absolute Gasteiger partial charge is 0.497 e. The summed E-state index contributed by atoms with van der Waals surface area (Å²) in [6.45, 7) is 8.36. The number of amides is 2. The lowest BCUT2D eigenvalue weighted by atomic mass is 10.1. The summed E-state index contributed by atoms with van der Waals surface area (Å²) in [5.41, 5.74) is -1.19. The number of rotatable bonds is 5. The van der Waals surface area contributed by atoms with Gasteiger partial charge in [0.15, 0.2) is 0 Å². The summed E-state index contributed by atoms with van der Waals surface area (Å²) < 4.78 is 58.1. The van der Waals surface area contributed by atoms with Crippen LogP contribution < -0.4 is 14.4 Å². The zero-order chi connectivity index (χ0) is 31.1. The van der Waals surface area contributed by atoms with E-state index >= 15 is 0 Å². The summed E-state index contributed by atoms with van der Waals surface area (Å²) in [6.07, 6.45) is -4.67. The number of alkyl halides is 3. The molecular formula is C29H38F3N5O5S. The summed E-state index contributed by atoms with van der Waals surface area (Å²) >= 11 is 1.69. The monoisotopic (exact) mass is 625 g/mol. The van der Waals surface area contributed by atoms with E-state index in [-0.39, 0.29) is 23.2 Å². The van der Waals surface area contributed by atoms with Crippen molar-refractivity contribution in [2.75, 3.05) is 70.0 Å². The van der Waals surface area contributed by atoms with E-state index in [0.29, 0.717) is 68.4 Å². The Hall–Kier alpha value is -3.13. The van der Waals surface area contributed by atoms with Crippen LogP contribution in [0.3, 0.4) is 0 Å². The number of thioether (sulfide) groups is 1. The van der Waals surface area contributed by atoms with Crippen molar-refractivity contribution in [3.63, 3.8) is 0 Å². The first-order valence-electron chi connectivity index (χ1n) is 14.3. The van der Waals surface area contributed by atoms with Crippen LogP contribution in [0.1, 0.15) is 32.9 Å². The maximum absolute atomic E-state index is 13.9. The molecule has 0 N–H and O–H groups in total. The van der Waals surface area contributed by atoms with Gasteiger partial charge in [-0.3, -0.25) is 14.6 Å². The summed E-state index contributed by atoms with van der Waals surface area (Å²) in [6, 6.07) is 3.58. The van der Waals surface area contributed by atoms with Crippen molar-refractivity contribution in [2.45, 2.75) is 51.1 Å². The van der Waals surface area contributed by atoms with Crippen LogP contribution in [0.5, 0.6) is 11.5 Å². The molecule has 10 nitrogen and oxygen atoms in total. The Bertz CT molecular complexity index is 1360. The van der Waals surface area contributed by atoms with Crippen LogP contribution in [0.4, 0.5) is 23.7 Å². The predicted octanol–water partition coefficient (Wildman–Crippen LogP) is 4.30. The number of piperazine rings is 1. The first-order valence-corrected chi connectivity index (χ1v) is 15.4. The highest BCUT2D eigenvalue weighted by Crippen LogP contribution is 2.40. The fourth-order valence-corrected chi connectivity index (χ4v) is 6.85. The van der Waals surface area contributed by atoms with E-state index in [2.05, 4.69) is 9.88 Å². The molecule has 236 valence electrons. The number of hydrogen-bond donors (Lipinski definition) is 0. The number of methoxy groups -OCH3 is 2. The second-order valence-electron chi connectivity index (χ2n) is 12.0. The quantitative estimate of drug-likeness (QED) is 0.483. The van der Waals surface area contributed by atoms with Crippen LogP contribution in [-0.4, -0.2) is 114 Å². The zero-order valence-corrected chi connectivity index (χ0v) is 25.9. The minimum absolute atomic E-state index is 0.0668. The van der Waals surface area contributed by atoms with Gasteiger partial charge < -0.3 is 24.0 Å². The maximum atomic E-state index is 13.9. The molecule has 4 heterocycles. The SMILES string of the molecule is COc1cc(OC)c2nc(C(F)(F)F)cc(N3CCN([C@H]4C[C@@H](C(=O)N5CCSC5)N(C(=O)OC(C)(C)C)C4)CC3)c2c1. The number of nitrogens with zero attached hydrogens (tertiary/aromatic N) is 5.